The Balaban J connectivity index is 1.87. The molecule has 10 heteroatoms. The third kappa shape index (κ3) is 5.00. The molecule has 0 unspecified atom stereocenters. The van der Waals surface area contributed by atoms with Crippen LogP contribution in [0.1, 0.15) is 28.5 Å². The molecule has 1 aliphatic rings. The van der Waals surface area contributed by atoms with Crippen molar-refractivity contribution >= 4 is 12.0 Å². The summed E-state index contributed by atoms with van der Waals surface area (Å²) in [6, 6.07) is 14.6. The highest BCUT2D eigenvalue weighted by Gasteiger charge is 2.33. The fourth-order valence-corrected chi connectivity index (χ4v) is 4.22. The number of nitrogens with zero attached hydrogens (tertiary/aromatic N) is 1. The molecule has 3 aromatic rings. The first kappa shape index (κ1) is 23.2. The van der Waals surface area contributed by atoms with Crippen LogP contribution in [-0.2, 0) is 0 Å². The molecule has 0 spiro atoms. The molecule has 0 aliphatic carbocycles. The zero-order chi connectivity index (χ0) is 24.5. The number of benzene rings is 2. The van der Waals surface area contributed by atoms with Gasteiger partial charge < -0.3 is 25.0 Å². The summed E-state index contributed by atoms with van der Waals surface area (Å²) in [4.78, 5) is 23.7. The number of aromatic nitrogens is 1. The van der Waals surface area contributed by atoms with E-state index in [1.807, 2.05) is 35.8 Å². The highest BCUT2D eigenvalue weighted by molar-refractivity contribution is 5.98. The van der Waals surface area contributed by atoms with Gasteiger partial charge in [0.15, 0.2) is 0 Å². The summed E-state index contributed by atoms with van der Waals surface area (Å²) in [5.74, 6) is -0.679. The second-order valence-electron chi connectivity index (χ2n) is 7.99. The van der Waals surface area contributed by atoms with Crippen LogP contribution in [0.5, 0.6) is 5.75 Å². The Morgan fingerprint density at radius 1 is 1.18 bits per heavy atom. The van der Waals surface area contributed by atoms with Crippen molar-refractivity contribution < 1.29 is 32.6 Å². The molecule has 2 aromatic carbocycles. The van der Waals surface area contributed by atoms with Gasteiger partial charge in [-0.1, -0.05) is 35.9 Å². The van der Waals surface area contributed by atoms with Gasteiger partial charge >= 0.3 is 12.5 Å². The number of carboxylic acid groups (broad SMARTS) is 1. The number of fused-ring (bicyclic) bond motifs is 1. The third-order valence-corrected chi connectivity index (χ3v) is 5.56. The Morgan fingerprint density at radius 3 is 2.62 bits per heavy atom. The Morgan fingerprint density at radius 2 is 1.91 bits per heavy atom. The lowest BCUT2D eigenvalue weighted by atomic mass is 9.99. The highest BCUT2D eigenvalue weighted by Crippen LogP contribution is 2.40. The number of aryl methyl sites for hydroxylation is 1. The van der Waals surface area contributed by atoms with Gasteiger partial charge in [0.2, 0.25) is 0 Å². The zero-order valence-corrected chi connectivity index (χ0v) is 18.1. The van der Waals surface area contributed by atoms with Gasteiger partial charge in [-0.25, -0.2) is 4.79 Å². The van der Waals surface area contributed by atoms with E-state index in [9.17, 15) is 22.8 Å². The fraction of sp³-hybridized carbons (Fsp3) is 0.250. The van der Waals surface area contributed by atoms with Crippen LogP contribution >= 0.6 is 0 Å². The number of hydrogen-bond donors (Lipinski definition) is 3. The van der Waals surface area contributed by atoms with Gasteiger partial charge in [0, 0.05) is 18.7 Å². The molecular formula is C24H22F3N3O4. The van der Waals surface area contributed by atoms with Crippen molar-refractivity contribution in [3.05, 3.63) is 65.9 Å². The molecule has 0 radical (unpaired) electrons. The SMILES string of the molecule is Cc1cccc(-c2c(-c3cccc(OC(F)(F)F)c3)cc3n2[C@@H](CCNC(=O)O)CNC3=O)c1. The summed E-state index contributed by atoms with van der Waals surface area (Å²) in [7, 11) is 0. The van der Waals surface area contributed by atoms with Crippen LogP contribution < -0.4 is 15.4 Å². The third-order valence-electron chi connectivity index (χ3n) is 5.56. The maximum absolute atomic E-state index is 12.8. The number of rotatable bonds is 6. The predicted molar refractivity (Wildman–Crippen MR) is 119 cm³/mol. The van der Waals surface area contributed by atoms with Crippen molar-refractivity contribution in [3.8, 4) is 28.1 Å². The van der Waals surface area contributed by atoms with Crippen LogP contribution in [0, 0.1) is 6.92 Å². The van der Waals surface area contributed by atoms with Crippen molar-refractivity contribution in [1.82, 2.24) is 15.2 Å². The quantitative estimate of drug-likeness (QED) is 0.471. The second-order valence-corrected chi connectivity index (χ2v) is 7.99. The lowest BCUT2D eigenvalue weighted by Gasteiger charge is -2.29. The first-order valence-electron chi connectivity index (χ1n) is 10.6. The van der Waals surface area contributed by atoms with Crippen molar-refractivity contribution in [2.45, 2.75) is 25.7 Å². The maximum Gasteiger partial charge on any atom is 0.573 e. The molecule has 1 atom stereocenters. The van der Waals surface area contributed by atoms with Crippen molar-refractivity contribution in [1.29, 1.82) is 0 Å². The minimum Gasteiger partial charge on any atom is -0.465 e. The molecule has 0 saturated heterocycles. The summed E-state index contributed by atoms with van der Waals surface area (Å²) >= 11 is 0. The lowest BCUT2D eigenvalue weighted by Crippen LogP contribution is -2.40. The number of alkyl halides is 3. The largest absolute Gasteiger partial charge is 0.573 e. The molecule has 1 aliphatic heterocycles. The van der Waals surface area contributed by atoms with Crippen LogP contribution in [0.25, 0.3) is 22.4 Å². The van der Waals surface area contributed by atoms with E-state index < -0.39 is 12.5 Å². The van der Waals surface area contributed by atoms with E-state index in [0.717, 1.165) is 11.1 Å². The number of amides is 2. The number of carbonyl (C=O) groups excluding carboxylic acids is 1. The summed E-state index contributed by atoms with van der Waals surface area (Å²) in [6.07, 6.45) is -5.57. The summed E-state index contributed by atoms with van der Waals surface area (Å²) < 4.78 is 44.4. The summed E-state index contributed by atoms with van der Waals surface area (Å²) in [5.41, 5.74) is 3.79. The van der Waals surface area contributed by atoms with Crippen LogP contribution in [0.4, 0.5) is 18.0 Å². The minimum atomic E-state index is -4.83. The Hall–Kier alpha value is -3.95. The smallest absolute Gasteiger partial charge is 0.465 e. The molecule has 0 bridgehead atoms. The molecule has 0 saturated carbocycles. The van der Waals surface area contributed by atoms with Gasteiger partial charge in [0.25, 0.3) is 5.91 Å². The van der Waals surface area contributed by atoms with Gasteiger partial charge in [0.1, 0.15) is 11.4 Å². The van der Waals surface area contributed by atoms with Gasteiger partial charge in [-0.2, -0.15) is 0 Å². The zero-order valence-electron chi connectivity index (χ0n) is 18.1. The Labute approximate surface area is 193 Å². The van der Waals surface area contributed by atoms with Crippen molar-refractivity contribution in [2.75, 3.05) is 13.1 Å². The average molecular weight is 473 g/mol. The van der Waals surface area contributed by atoms with Crippen LogP contribution in [-0.4, -0.2) is 41.1 Å². The standard InChI is InChI=1S/C24H22F3N3O4/c1-14-4-2-6-16(10-14)21-19(15-5-3-7-18(11-15)34-24(25,26)27)12-20-22(31)29-13-17(30(20)21)8-9-28-23(32)33/h2-7,10-12,17,28H,8-9,13H2,1H3,(H,29,31)(H,32,33)/t17-/m0/s1. The van der Waals surface area contributed by atoms with E-state index in [1.165, 1.54) is 18.2 Å². The van der Waals surface area contributed by atoms with Crippen molar-refractivity contribution in [2.24, 2.45) is 0 Å². The van der Waals surface area contributed by atoms with E-state index in [4.69, 9.17) is 5.11 Å². The molecule has 0 fully saturated rings. The Bertz CT molecular complexity index is 1240. The Kier molecular flexibility index (Phi) is 6.23. The monoisotopic (exact) mass is 473 g/mol. The maximum atomic E-state index is 12.8. The lowest BCUT2D eigenvalue weighted by molar-refractivity contribution is -0.274. The number of hydrogen-bond acceptors (Lipinski definition) is 3. The fourth-order valence-electron chi connectivity index (χ4n) is 4.22. The number of nitrogens with one attached hydrogen (secondary N) is 2. The normalized spacial score (nSPS) is 15.4. The first-order valence-corrected chi connectivity index (χ1v) is 10.6. The molecule has 1 aromatic heterocycles. The molecule has 178 valence electrons. The molecular weight excluding hydrogens is 451 g/mol. The molecule has 34 heavy (non-hydrogen) atoms. The van der Waals surface area contributed by atoms with Crippen LogP contribution in [0.3, 0.4) is 0 Å². The topological polar surface area (TPSA) is 92.6 Å². The van der Waals surface area contributed by atoms with E-state index in [1.54, 1.807) is 12.1 Å². The van der Waals surface area contributed by atoms with Crippen LogP contribution in [0.15, 0.2) is 54.6 Å². The molecule has 4 rings (SSSR count). The van der Waals surface area contributed by atoms with E-state index in [2.05, 4.69) is 15.4 Å². The van der Waals surface area contributed by atoms with Crippen LogP contribution in [0.2, 0.25) is 0 Å². The van der Waals surface area contributed by atoms with E-state index in [-0.39, 0.29) is 30.8 Å². The molecule has 3 N–H and O–H groups in total. The first-order chi connectivity index (χ1) is 16.1. The molecule has 2 amide bonds. The number of carbonyl (C=O) groups is 2. The van der Waals surface area contributed by atoms with Gasteiger partial charge in [-0.15, -0.1) is 13.2 Å². The highest BCUT2D eigenvalue weighted by atomic mass is 19.4. The summed E-state index contributed by atoms with van der Waals surface area (Å²) in [5, 5.41) is 14.1. The number of ether oxygens (including phenoxy) is 1. The van der Waals surface area contributed by atoms with E-state index >= 15 is 0 Å². The molecule has 7 nitrogen and oxygen atoms in total. The predicted octanol–water partition coefficient (Wildman–Crippen LogP) is 4.97. The van der Waals surface area contributed by atoms with Crippen molar-refractivity contribution in [3.63, 3.8) is 0 Å². The van der Waals surface area contributed by atoms with Gasteiger partial charge in [-0.3, -0.25) is 4.79 Å². The number of halogens is 3. The second kappa shape index (κ2) is 9.12. The van der Waals surface area contributed by atoms with Gasteiger partial charge in [0.05, 0.1) is 11.7 Å². The van der Waals surface area contributed by atoms with E-state index in [0.29, 0.717) is 28.9 Å². The minimum absolute atomic E-state index is 0.172. The summed E-state index contributed by atoms with van der Waals surface area (Å²) in [6.45, 7) is 2.38. The average Bonchev–Trinajstić information content (AvgIpc) is 3.16. The molecule has 2 heterocycles. The van der Waals surface area contributed by atoms with Gasteiger partial charge in [-0.05, 0) is 48.7 Å².